The number of phenols is 1. The molecule has 0 saturated heterocycles. The zero-order valence-corrected chi connectivity index (χ0v) is 16.4. The van der Waals surface area contributed by atoms with E-state index in [1.54, 1.807) is 32.9 Å². The first-order chi connectivity index (χ1) is 12.1. The molecule has 0 aromatic heterocycles. The molecule has 0 aliphatic heterocycles. The van der Waals surface area contributed by atoms with Gasteiger partial charge in [0, 0.05) is 16.1 Å². The Labute approximate surface area is 162 Å². The summed E-state index contributed by atoms with van der Waals surface area (Å²) in [6, 6.07) is 6.20. The Hall–Kier alpha value is -1.76. The molecule has 0 aliphatic carbocycles. The van der Waals surface area contributed by atoms with Crippen molar-refractivity contribution < 1.29 is 19.0 Å². The first kappa shape index (κ1) is 20.6. The van der Waals surface area contributed by atoms with Gasteiger partial charge in [-0.25, -0.2) is 4.39 Å². The van der Waals surface area contributed by atoms with Crippen LogP contribution < -0.4 is 5.73 Å². The summed E-state index contributed by atoms with van der Waals surface area (Å²) in [4.78, 5) is 10.2. The summed E-state index contributed by atoms with van der Waals surface area (Å²) in [6.07, 6.45) is -0.296. The quantitative estimate of drug-likeness (QED) is 0.395. The Balaban J connectivity index is 2.59. The van der Waals surface area contributed by atoms with Gasteiger partial charge in [-0.15, -0.1) is 0 Å². The molecular formula is C19H21ClFNO3S. The summed E-state index contributed by atoms with van der Waals surface area (Å²) in [6.45, 7) is 5.24. The lowest BCUT2D eigenvalue weighted by molar-refractivity contribution is -0.143. The molecule has 4 nitrogen and oxygen atoms in total. The molecule has 0 spiro atoms. The van der Waals surface area contributed by atoms with Gasteiger partial charge < -0.3 is 15.6 Å². The molecule has 0 fully saturated rings. The third kappa shape index (κ3) is 4.31. The van der Waals surface area contributed by atoms with Crippen LogP contribution in [0.5, 0.6) is 5.75 Å². The van der Waals surface area contributed by atoms with E-state index in [0.29, 0.717) is 21.7 Å². The standard InChI is InChI=1S/C19H21ClFNO3S/c1-4-25-16(24)9-19(22,26)14-7-12(5-11(3)18(14)21)17-10(2)6-13(20)8-15(17)23/h5-8,23,26H,4,9,22H2,1-3H3/t19-/m0/s1. The first-order valence-corrected chi connectivity index (χ1v) is 8.86. The van der Waals surface area contributed by atoms with Crippen molar-refractivity contribution in [2.45, 2.75) is 32.1 Å². The summed E-state index contributed by atoms with van der Waals surface area (Å²) in [5.41, 5.74) is 8.29. The van der Waals surface area contributed by atoms with Crippen LogP contribution in [0.3, 0.4) is 0 Å². The van der Waals surface area contributed by atoms with Crippen molar-refractivity contribution in [3.05, 3.63) is 51.8 Å². The summed E-state index contributed by atoms with van der Waals surface area (Å²) in [5.74, 6) is -1.15. The van der Waals surface area contributed by atoms with Crippen LogP contribution in [0.1, 0.15) is 30.0 Å². The highest BCUT2D eigenvalue weighted by Gasteiger charge is 2.31. The minimum absolute atomic E-state index is 0.0286. The van der Waals surface area contributed by atoms with Gasteiger partial charge in [0.05, 0.1) is 17.9 Å². The van der Waals surface area contributed by atoms with Crippen LogP contribution in [0.25, 0.3) is 11.1 Å². The number of phenolic OH excluding ortho intramolecular Hbond substituents is 1. The number of carbonyl (C=O) groups is 1. The highest BCUT2D eigenvalue weighted by atomic mass is 35.5. The van der Waals surface area contributed by atoms with Crippen molar-refractivity contribution >= 4 is 30.2 Å². The molecule has 0 aliphatic rings. The maximum Gasteiger partial charge on any atom is 0.308 e. The van der Waals surface area contributed by atoms with Gasteiger partial charge in [-0.3, -0.25) is 4.79 Å². The number of aryl methyl sites for hydroxylation is 2. The number of hydrogen-bond donors (Lipinski definition) is 3. The molecule has 0 radical (unpaired) electrons. The van der Waals surface area contributed by atoms with Gasteiger partial charge in [-0.2, -0.15) is 12.6 Å². The number of carbonyl (C=O) groups excluding carboxylic acids is 1. The summed E-state index contributed by atoms with van der Waals surface area (Å²) < 4.78 is 19.6. The molecule has 7 heteroatoms. The molecule has 2 aromatic rings. The largest absolute Gasteiger partial charge is 0.507 e. The predicted octanol–water partition coefficient (Wildman–Crippen LogP) is 4.46. The number of halogens is 2. The molecule has 1 atom stereocenters. The third-order valence-electron chi connectivity index (χ3n) is 4.01. The van der Waals surface area contributed by atoms with Crippen LogP contribution in [-0.4, -0.2) is 17.7 Å². The van der Waals surface area contributed by atoms with E-state index in [9.17, 15) is 14.3 Å². The third-order valence-corrected chi connectivity index (χ3v) is 4.63. The number of rotatable bonds is 5. The Kier molecular flexibility index (Phi) is 6.21. The van der Waals surface area contributed by atoms with Gasteiger partial charge in [-0.1, -0.05) is 11.6 Å². The minimum Gasteiger partial charge on any atom is -0.507 e. The van der Waals surface area contributed by atoms with E-state index in [1.807, 2.05) is 0 Å². The van der Waals surface area contributed by atoms with Crippen molar-refractivity contribution in [1.82, 2.24) is 0 Å². The molecule has 26 heavy (non-hydrogen) atoms. The normalized spacial score (nSPS) is 13.3. The average molecular weight is 398 g/mol. The van der Waals surface area contributed by atoms with Crippen LogP contribution in [-0.2, 0) is 14.4 Å². The van der Waals surface area contributed by atoms with Gasteiger partial charge in [0.1, 0.15) is 11.6 Å². The molecule has 0 saturated carbocycles. The van der Waals surface area contributed by atoms with E-state index >= 15 is 0 Å². The summed E-state index contributed by atoms with van der Waals surface area (Å²) in [5, 5.41) is 10.7. The van der Waals surface area contributed by atoms with Crippen molar-refractivity contribution in [3.63, 3.8) is 0 Å². The maximum absolute atomic E-state index is 14.7. The van der Waals surface area contributed by atoms with Gasteiger partial charge in [0.25, 0.3) is 0 Å². The Bertz CT molecular complexity index is 832. The highest BCUT2D eigenvalue weighted by molar-refractivity contribution is 7.81. The monoisotopic (exact) mass is 397 g/mol. The first-order valence-electron chi connectivity index (χ1n) is 8.03. The molecule has 0 unspecified atom stereocenters. The van der Waals surface area contributed by atoms with Crippen LogP contribution >= 0.6 is 24.2 Å². The van der Waals surface area contributed by atoms with Gasteiger partial charge in [-0.05, 0) is 61.7 Å². The smallest absolute Gasteiger partial charge is 0.308 e. The van der Waals surface area contributed by atoms with Crippen LogP contribution in [0.4, 0.5) is 4.39 Å². The van der Waals surface area contributed by atoms with Gasteiger partial charge in [0.15, 0.2) is 0 Å². The Morgan fingerprint density at radius 2 is 1.96 bits per heavy atom. The second-order valence-corrected chi connectivity index (χ2v) is 7.41. The molecule has 2 rings (SSSR count). The van der Waals surface area contributed by atoms with E-state index in [2.05, 4.69) is 12.6 Å². The molecule has 140 valence electrons. The number of nitrogens with two attached hydrogens (primary N) is 1. The summed E-state index contributed by atoms with van der Waals surface area (Å²) >= 11 is 10.3. The number of ether oxygens (including phenoxy) is 1. The van der Waals surface area contributed by atoms with Crippen molar-refractivity contribution in [3.8, 4) is 16.9 Å². The lowest BCUT2D eigenvalue weighted by Gasteiger charge is -2.25. The number of benzene rings is 2. The minimum atomic E-state index is -1.56. The second kappa shape index (κ2) is 7.86. The maximum atomic E-state index is 14.7. The Morgan fingerprint density at radius 3 is 2.54 bits per heavy atom. The topological polar surface area (TPSA) is 72.5 Å². The van der Waals surface area contributed by atoms with E-state index in [4.69, 9.17) is 22.1 Å². The fourth-order valence-corrected chi connectivity index (χ4v) is 3.42. The van der Waals surface area contributed by atoms with Crippen molar-refractivity contribution in [2.24, 2.45) is 5.73 Å². The Morgan fingerprint density at radius 1 is 1.31 bits per heavy atom. The van der Waals surface area contributed by atoms with Crippen molar-refractivity contribution in [1.29, 1.82) is 0 Å². The van der Waals surface area contributed by atoms with Gasteiger partial charge in [0.2, 0.25) is 0 Å². The fourth-order valence-electron chi connectivity index (χ4n) is 2.86. The summed E-state index contributed by atoms with van der Waals surface area (Å²) in [7, 11) is 0. The lowest BCUT2D eigenvalue weighted by Crippen LogP contribution is -2.35. The average Bonchev–Trinajstić information content (AvgIpc) is 2.48. The predicted molar refractivity (Wildman–Crippen MR) is 104 cm³/mol. The molecule has 3 N–H and O–H groups in total. The van der Waals surface area contributed by atoms with Crippen molar-refractivity contribution in [2.75, 3.05) is 6.61 Å². The number of thiol groups is 1. The number of aromatic hydroxyl groups is 1. The zero-order valence-electron chi connectivity index (χ0n) is 14.8. The number of esters is 1. The van der Waals surface area contributed by atoms with Crippen LogP contribution in [0, 0.1) is 19.7 Å². The second-order valence-electron chi connectivity index (χ2n) is 6.18. The van der Waals surface area contributed by atoms with Crippen LogP contribution in [0.2, 0.25) is 5.02 Å². The molecule has 2 aromatic carbocycles. The highest BCUT2D eigenvalue weighted by Crippen LogP contribution is 2.39. The number of hydrogen-bond acceptors (Lipinski definition) is 5. The molecular weight excluding hydrogens is 377 g/mol. The SMILES string of the molecule is CCOC(=O)C[C@](N)(S)c1cc(-c2c(C)cc(Cl)cc2O)cc(C)c1F. The van der Waals surface area contributed by atoms with E-state index < -0.39 is 16.7 Å². The molecule has 0 amide bonds. The molecule has 0 bridgehead atoms. The zero-order chi connectivity index (χ0) is 19.6. The lowest BCUT2D eigenvalue weighted by atomic mass is 9.92. The van der Waals surface area contributed by atoms with E-state index in [0.717, 1.165) is 5.56 Å². The van der Waals surface area contributed by atoms with Crippen LogP contribution in [0.15, 0.2) is 24.3 Å². The van der Waals surface area contributed by atoms with Gasteiger partial charge >= 0.3 is 5.97 Å². The van der Waals surface area contributed by atoms with E-state index in [1.165, 1.54) is 12.1 Å². The van der Waals surface area contributed by atoms with E-state index in [-0.39, 0.29) is 24.3 Å². The molecule has 0 heterocycles. The fraction of sp³-hybridized carbons (Fsp3) is 0.316.